The fourth-order valence-corrected chi connectivity index (χ4v) is 4.02. The molecule has 0 fully saturated rings. The van der Waals surface area contributed by atoms with Crippen LogP contribution in [-0.4, -0.2) is 58.4 Å². The Labute approximate surface area is 203 Å². The summed E-state index contributed by atoms with van der Waals surface area (Å²) >= 11 is 0. The lowest BCUT2D eigenvalue weighted by Crippen LogP contribution is -2.59. The van der Waals surface area contributed by atoms with Crippen molar-refractivity contribution >= 4 is 23.9 Å². The number of carbonyl (C=O) groups excluding carboxylic acids is 2. The van der Waals surface area contributed by atoms with E-state index in [0.717, 1.165) is 0 Å². The molecule has 0 rings (SSSR count). The van der Waals surface area contributed by atoms with Crippen LogP contribution in [0.3, 0.4) is 0 Å². The lowest BCUT2D eigenvalue weighted by atomic mass is 9.61. The molecule has 34 heavy (non-hydrogen) atoms. The van der Waals surface area contributed by atoms with Gasteiger partial charge in [-0.2, -0.15) is 0 Å². The smallest absolute Gasteiger partial charge is 0.329 e. The van der Waals surface area contributed by atoms with Crippen molar-refractivity contribution in [3.63, 3.8) is 0 Å². The van der Waals surface area contributed by atoms with Gasteiger partial charge in [0.2, 0.25) is 0 Å². The van der Waals surface area contributed by atoms with Crippen molar-refractivity contribution in [3.8, 4) is 0 Å². The van der Waals surface area contributed by atoms with Crippen LogP contribution in [0.1, 0.15) is 81.6 Å². The molecule has 0 aromatic carbocycles. The average molecular weight is 488 g/mol. The minimum absolute atomic E-state index is 0.264. The summed E-state index contributed by atoms with van der Waals surface area (Å²) < 4.78 is 5.39. The zero-order valence-electron chi connectivity index (χ0n) is 22.2. The first-order valence-electron chi connectivity index (χ1n) is 11.7. The molecule has 4 atom stereocenters. The zero-order chi connectivity index (χ0) is 27.1. The van der Waals surface area contributed by atoms with Crippen LogP contribution in [-0.2, 0) is 19.1 Å². The minimum atomic E-state index is -1.51. The summed E-state index contributed by atoms with van der Waals surface area (Å²) in [5.41, 5.74) is 3.19. The number of carboxylic acid groups (broad SMARTS) is 2. The molecule has 0 radical (unpaired) electrons. The third-order valence-corrected chi connectivity index (χ3v) is 5.41. The Morgan fingerprint density at radius 1 is 0.824 bits per heavy atom. The Kier molecular flexibility index (Phi) is 11.5. The molecule has 0 aliphatic carbocycles. The molecule has 0 aromatic rings. The maximum Gasteiger partial charge on any atom is 0.329 e. The predicted molar refractivity (Wildman–Crippen MR) is 129 cm³/mol. The number of ether oxygens (including phenoxy) is 1. The van der Waals surface area contributed by atoms with Crippen molar-refractivity contribution in [1.29, 1.82) is 0 Å². The van der Waals surface area contributed by atoms with Gasteiger partial charge >= 0.3 is 23.9 Å². The number of amides is 2. The van der Waals surface area contributed by atoms with E-state index in [1.807, 2.05) is 0 Å². The van der Waals surface area contributed by atoms with Crippen molar-refractivity contribution in [2.24, 2.45) is 28.4 Å². The molecule has 0 saturated carbocycles. The Bertz CT molecular complexity index is 718. The first-order chi connectivity index (χ1) is 15.2. The quantitative estimate of drug-likeness (QED) is 0.219. The van der Waals surface area contributed by atoms with Gasteiger partial charge in [0, 0.05) is 5.92 Å². The first-order valence-corrected chi connectivity index (χ1v) is 11.7. The van der Waals surface area contributed by atoms with E-state index >= 15 is 0 Å². The van der Waals surface area contributed by atoms with Crippen molar-refractivity contribution in [2.75, 3.05) is 6.54 Å². The zero-order valence-corrected chi connectivity index (χ0v) is 22.2. The summed E-state index contributed by atoms with van der Waals surface area (Å²) in [7, 11) is 0. The number of carboxylic acids is 2. The van der Waals surface area contributed by atoms with Crippen LogP contribution in [0.5, 0.6) is 0 Å². The van der Waals surface area contributed by atoms with Gasteiger partial charge in [-0.3, -0.25) is 4.79 Å². The summed E-state index contributed by atoms with van der Waals surface area (Å²) in [6.45, 7) is 15.9. The first kappa shape index (κ1) is 31.6. The number of hydrogen-bond donors (Lipinski definition) is 5. The fourth-order valence-electron chi connectivity index (χ4n) is 4.02. The van der Waals surface area contributed by atoms with Crippen molar-refractivity contribution in [3.05, 3.63) is 0 Å². The Hall–Kier alpha value is -2.36. The molecular weight excluding hydrogens is 442 g/mol. The van der Waals surface area contributed by atoms with Gasteiger partial charge in [0.05, 0.1) is 5.92 Å². The van der Waals surface area contributed by atoms with Gasteiger partial charge in [-0.05, 0) is 57.4 Å². The number of rotatable bonds is 11. The molecule has 6 N–H and O–H groups in total. The highest BCUT2D eigenvalue weighted by atomic mass is 16.6. The molecule has 0 heterocycles. The van der Waals surface area contributed by atoms with Crippen LogP contribution in [0.15, 0.2) is 0 Å². The number of hydrogen-bond acceptors (Lipinski definition) is 6. The number of aliphatic carboxylic acids is 2. The Balaban J connectivity index is 5.98. The molecule has 0 saturated heterocycles. The van der Waals surface area contributed by atoms with Crippen molar-refractivity contribution in [2.45, 2.75) is 99.3 Å². The highest BCUT2D eigenvalue weighted by Gasteiger charge is 2.50. The van der Waals surface area contributed by atoms with E-state index in [9.17, 15) is 29.4 Å². The van der Waals surface area contributed by atoms with Gasteiger partial charge in [-0.25, -0.2) is 14.4 Å². The molecule has 4 unspecified atom stereocenters. The minimum Gasteiger partial charge on any atom is -0.481 e. The molecule has 0 aromatic heterocycles. The number of esters is 1. The lowest BCUT2D eigenvalue weighted by Gasteiger charge is -2.44. The molecule has 10 heteroatoms. The van der Waals surface area contributed by atoms with Crippen molar-refractivity contribution in [1.82, 2.24) is 10.6 Å². The van der Waals surface area contributed by atoms with Crippen LogP contribution < -0.4 is 16.4 Å². The van der Waals surface area contributed by atoms with E-state index in [1.54, 1.807) is 62.3 Å². The van der Waals surface area contributed by atoms with E-state index in [2.05, 4.69) is 10.6 Å². The second-order valence-electron chi connectivity index (χ2n) is 11.9. The predicted octanol–water partition coefficient (Wildman–Crippen LogP) is 2.99. The maximum absolute atomic E-state index is 12.9. The molecular formula is C24H45N3O7. The molecule has 0 aliphatic heterocycles. The lowest BCUT2D eigenvalue weighted by molar-refractivity contribution is -0.157. The van der Waals surface area contributed by atoms with Crippen LogP contribution in [0.2, 0.25) is 0 Å². The molecule has 0 aliphatic rings. The number of carbonyl (C=O) groups is 4. The van der Waals surface area contributed by atoms with Gasteiger partial charge in [0.1, 0.15) is 17.7 Å². The molecule has 2 amide bonds. The fraction of sp³-hybridized carbons (Fsp3) is 0.833. The van der Waals surface area contributed by atoms with Gasteiger partial charge in [-0.1, -0.05) is 41.5 Å². The SMILES string of the molecule is CC(C)(C)OC(=O)C(CCCCN)NC(=O)NC(C(=O)O)C(C(C(=O)O)C(C)(C)C)C(C)(C)C. The molecule has 0 spiro atoms. The van der Waals surface area contributed by atoms with Gasteiger partial charge in [0.15, 0.2) is 0 Å². The summed E-state index contributed by atoms with van der Waals surface area (Å²) in [6.07, 6.45) is 1.46. The van der Waals surface area contributed by atoms with Gasteiger partial charge in [0.25, 0.3) is 0 Å². The third kappa shape index (κ3) is 10.7. The van der Waals surface area contributed by atoms with Crippen LogP contribution in [0.25, 0.3) is 0 Å². The van der Waals surface area contributed by atoms with Crippen molar-refractivity contribution < 1.29 is 34.1 Å². The number of nitrogens with two attached hydrogens (primary N) is 1. The number of nitrogens with one attached hydrogen (secondary N) is 2. The number of unbranched alkanes of at least 4 members (excludes halogenated alkanes) is 1. The van der Waals surface area contributed by atoms with E-state index in [0.29, 0.717) is 19.4 Å². The normalized spacial score (nSPS) is 16.1. The maximum atomic E-state index is 12.9. The standard InChI is InChI=1S/C24H45N3O7/c1-22(2,3)15(16(18(28)29)23(4,5)6)17(19(30)31)27-21(33)26-14(12-10-11-13-25)20(32)34-24(7,8)9/h14-17H,10-13,25H2,1-9H3,(H,28,29)(H,30,31)(H2,26,27,33). The van der Waals surface area contributed by atoms with Crippen LogP contribution >= 0.6 is 0 Å². The second kappa shape index (κ2) is 12.4. The highest BCUT2D eigenvalue weighted by Crippen LogP contribution is 2.43. The van der Waals surface area contributed by atoms with Crippen LogP contribution in [0, 0.1) is 22.7 Å². The number of urea groups is 1. The summed E-state index contributed by atoms with van der Waals surface area (Å²) in [5, 5.41) is 24.9. The molecule has 10 nitrogen and oxygen atoms in total. The Morgan fingerprint density at radius 2 is 1.35 bits per heavy atom. The topological polar surface area (TPSA) is 168 Å². The summed E-state index contributed by atoms with van der Waals surface area (Å²) in [5.74, 6) is -5.17. The Morgan fingerprint density at radius 3 is 1.71 bits per heavy atom. The highest BCUT2D eigenvalue weighted by molar-refractivity contribution is 5.87. The van der Waals surface area contributed by atoms with E-state index in [4.69, 9.17) is 10.5 Å². The van der Waals surface area contributed by atoms with Gasteiger partial charge < -0.3 is 31.3 Å². The monoisotopic (exact) mass is 487 g/mol. The summed E-state index contributed by atoms with van der Waals surface area (Å²) in [4.78, 5) is 50.0. The average Bonchev–Trinajstić information content (AvgIpc) is 2.59. The third-order valence-electron chi connectivity index (χ3n) is 5.41. The van der Waals surface area contributed by atoms with E-state index < -0.39 is 64.3 Å². The molecule has 0 bridgehead atoms. The van der Waals surface area contributed by atoms with E-state index in [1.165, 1.54) is 0 Å². The largest absolute Gasteiger partial charge is 0.481 e. The molecule has 198 valence electrons. The van der Waals surface area contributed by atoms with Gasteiger partial charge in [-0.15, -0.1) is 0 Å². The second-order valence-corrected chi connectivity index (χ2v) is 11.9. The van der Waals surface area contributed by atoms with E-state index in [-0.39, 0.29) is 6.42 Å². The summed E-state index contributed by atoms with van der Waals surface area (Å²) in [6, 6.07) is -3.40. The van der Waals surface area contributed by atoms with Crippen LogP contribution in [0.4, 0.5) is 4.79 Å².